The fraction of sp³-hybridized carbons (Fsp3) is 0.162. The summed E-state index contributed by atoms with van der Waals surface area (Å²) in [6, 6.07) is 25.9. The van der Waals surface area contributed by atoms with Crippen LogP contribution < -0.4 is 24.4 Å². The predicted molar refractivity (Wildman–Crippen MR) is 196 cm³/mol. The molecule has 0 bridgehead atoms. The number of halogens is 3. The topological polar surface area (TPSA) is 79.1 Å². The number of hydrogen-bond donors (Lipinski definition) is 0. The van der Waals surface area contributed by atoms with E-state index in [0.29, 0.717) is 44.3 Å². The lowest BCUT2D eigenvalue weighted by atomic mass is 9.93. The summed E-state index contributed by atoms with van der Waals surface area (Å²) in [5.74, 6) is 0.384. The number of esters is 1. The Morgan fingerprint density at radius 2 is 1.73 bits per heavy atom. The van der Waals surface area contributed by atoms with Crippen molar-refractivity contribution in [2.75, 3.05) is 13.2 Å². The molecule has 244 valence electrons. The Hall–Kier alpha value is -4.07. The van der Waals surface area contributed by atoms with E-state index in [1.807, 2.05) is 73.7 Å². The quantitative estimate of drug-likeness (QED) is 0.108. The van der Waals surface area contributed by atoms with Gasteiger partial charge in [-0.05, 0) is 90.0 Å². The lowest BCUT2D eigenvalue weighted by Crippen LogP contribution is -2.40. The van der Waals surface area contributed by atoms with E-state index in [0.717, 1.165) is 19.2 Å². The first-order chi connectivity index (χ1) is 23.3. The molecule has 48 heavy (non-hydrogen) atoms. The van der Waals surface area contributed by atoms with Crippen molar-refractivity contribution in [3.05, 3.63) is 152 Å². The number of aromatic nitrogens is 1. The molecule has 0 spiro atoms. The van der Waals surface area contributed by atoms with Crippen LogP contribution in [0.2, 0.25) is 0 Å². The first kappa shape index (κ1) is 33.8. The molecule has 1 aromatic heterocycles. The van der Waals surface area contributed by atoms with Gasteiger partial charge in [0, 0.05) is 15.6 Å². The van der Waals surface area contributed by atoms with Gasteiger partial charge < -0.3 is 14.2 Å². The van der Waals surface area contributed by atoms with Gasteiger partial charge in [-0.2, -0.15) is 0 Å². The second kappa shape index (κ2) is 15.0. The van der Waals surface area contributed by atoms with Crippen molar-refractivity contribution in [3.63, 3.8) is 0 Å². The van der Waals surface area contributed by atoms with E-state index < -0.39 is 12.0 Å². The van der Waals surface area contributed by atoms with Gasteiger partial charge in [0.05, 0.1) is 38.6 Å². The zero-order valence-electron chi connectivity index (χ0n) is 25.9. The Morgan fingerprint density at radius 1 is 1.00 bits per heavy atom. The molecule has 0 amide bonds. The summed E-state index contributed by atoms with van der Waals surface area (Å²) in [6.45, 7) is 4.53. The molecule has 0 saturated carbocycles. The van der Waals surface area contributed by atoms with Crippen LogP contribution in [0.3, 0.4) is 0 Å². The van der Waals surface area contributed by atoms with Gasteiger partial charge in [-0.25, -0.2) is 14.2 Å². The van der Waals surface area contributed by atoms with Crippen LogP contribution in [0, 0.1) is 9.39 Å². The van der Waals surface area contributed by atoms with Crippen LogP contribution in [0.1, 0.15) is 42.1 Å². The van der Waals surface area contributed by atoms with Crippen molar-refractivity contribution in [3.8, 4) is 11.5 Å². The van der Waals surface area contributed by atoms with Crippen LogP contribution in [0.5, 0.6) is 11.5 Å². The SMILES string of the molecule is CCOC(=O)C1=C(c2ccccc2)N=c2s/c(=C\c3cc(Br)cc(I)c3OCc3ccc(F)cc3)c(=O)n2[C@@H]1c1ccc(OCC)cc1. The highest BCUT2D eigenvalue weighted by molar-refractivity contribution is 14.1. The van der Waals surface area contributed by atoms with Crippen molar-refractivity contribution >= 4 is 67.6 Å². The fourth-order valence-electron chi connectivity index (χ4n) is 5.39. The first-order valence-electron chi connectivity index (χ1n) is 15.1. The predicted octanol–water partition coefficient (Wildman–Crippen LogP) is 7.42. The van der Waals surface area contributed by atoms with Crippen LogP contribution >= 0.6 is 49.9 Å². The van der Waals surface area contributed by atoms with Crippen molar-refractivity contribution in [1.82, 2.24) is 4.57 Å². The molecule has 5 aromatic rings. The van der Waals surface area contributed by atoms with E-state index in [1.54, 1.807) is 29.7 Å². The molecule has 0 N–H and O–H groups in total. The number of rotatable bonds is 10. The summed E-state index contributed by atoms with van der Waals surface area (Å²) in [5, 5.41) is 0. The summed E-state index contributed by atoms with van der Waals surface area (Å²) < 4.78 is 34.6. The summed E-state index contributed by atoms with van der Waals surface area (Å²) >= 11 is 7.00. The third kappa shape index (κ3) is 7.18. The molecule has 2 heterocycles. The Kier molecular flexibility index (Phi) is 10.6. The maximum absolute atomic E-state index is 14.4. The van der Waals surface area contributed by atoms with Crippen LogP contribution in [0.25, 0.3) is 11.8 Å². The molecular formula is C37H29BrFIN2O5S. The molecule has 0 radical (unpaired) electrons. The fourth-order valence-corrected chi connectivity index (χ4v) is 8.08. The molecule has 1 aliphatic rings. The molecule has 0 saturated heterocycles. The third-order valence-electron chi connectivity index (χ3n) is 7.50. The number of carbonyl (C=O) groups is 1. The summed E-state index contributed by atoms with van der Waals surface area (Å²) in [6.07, 6.45) is 1.78. The second-order valence-corrected chi connectivity index (χ2v) is 13.7. The van der Waals surface area contributed by atoms with Gasteiger partial charge in [0.1, 0.15) is 23.9 Å². The van der Waals surface area contributed by atoms with E-state index in [2.05, 4.69) is 38.5 Å². The zero-order valence-corrected chi connectivity index (χ0v) is 30.5. The summed E-state index contributed by atoms with van der Waals surface area (Å²) in [7, 11) is 0. The number of thiazole rings is 1. The Balaban J connectivity index is 1.55. The number of carbonyl (C=O) groups excluding carboxylic acids is 1. The van der Waals surface area contributed by atoms with Gasteiger partial charge in [0.25, 0.3) is 5.56 Å². The van der Waals surface area contributed by atoms with E-state index in [1.165, 1.54) is 23.5 Å². The highest BCUT2D eigenvalue weighted by Gasteiger charge is 2.35. The highest BCUT2D eigenvalue weighted by Crippen LogP contribution is 2.36. The van der Waals surface area contributed by atoms with Crippen LogP contribution in [-0.4, -0.2) is 23.8 Å². The maximum atomic E-state index is 14.4. The van der Waals surface area contributed by atoms with Gasteiger partial charge in [-0.15, -0.1) is 0 Å². The molecule has 6 rings (SSSR count). The average molecular weight is 840 g/mol. The zero-order chi connectivity index (χ0) is 33.8. The van der Waals surface area contributed by atoms with Crippen LogP contribution in [-0.2, 0) is 16.1 Å². The van der Waals surface area contributed by atoms with Gasteiger partial charge in [-0.1, -0.05) is 81.9 Å². The molecule has 0 unspecified atom stereocenters. The molecule has 0 aliphatic carbocycles. The number of ether oxygens (including phenoxy) is 3. The minimum atomic E-state index is -0.815. The van der Waals surface area contributed by atoms with Crippen molar-refractivity contribution in [1.29, 1.82) is 0 Å². The van der Waals surface area contributed by atoms with Crippen molar-refractivity contribution < 1.29 is 23.4 Å². The summed E-state index contributed by atoms with van der Waals surface area (Å²) in [5.41, 5.74) is 3.31. The van der Waals surface area contributed by atoms with E-state index >= 15 is 0 Å². The molecule has 0 fully saturated rings. The molecular weight excluding hydrogens is 810 g/mol. The Morgan fingerprint density at radius 3 is 2.42 bits per heavy atom. The number of hydrogen-bond acceptors (Lipinski definition) is 7. The van der Waals surface area contributed by atoms with Crippen LogP contribution in [0.15, 0.2) is 111 Å². The van der Waals surface area contributed by atoms with Gasteiger partial charge in [0.2, 0.25) is 0 Å². The van der Waals surface area contributed by atoms with E-state index in [-0.39, 0.29) is 30.2 Å². The van der Waals surface area contributed by atoms with Gasteiger partial charge in [0.15, 0.2) is 4.80 Å². The maximum Gasteiger partial charge on any atom is 0.338 e. The number of fused-ring (bicyclic) bond motifs is 1. The average Bonchev–Trinajstić information content (AvgIpc) is 3.39. The monoisotopic (exact) mass is 838 g/mol. The van der Waals surface area contributed by atoms with E-state index in [4.69, 9.17) is 19.2 Å². The lowest BCUT2D eigenvalue weighted by Gasteiger charge is -2.26. The van der Waals surface area contributed by atoms with E-state index in [9.17, 15) is 14.0 Å². The lowest BCUT2D eigenvalue weighted by molar-refractivity contribution is -0.138. The minimum Gasteiger partial charge on any atom is -0.494 e. The standard InChI is InChI=1S/C37H29BrFIN2O5S/c1-3-45-28-16-12-24(13-17-28)33-31(36(44)46-4-2)32(23-8-6-5-7-9-23)41-37-42(33)35(43)30(48-37)19-25-18-26(38)20-29(40)34(25)47-21-22-10-14-27(39)15-11-22/h5-20,33H,3-4,21H2,1-2H3/b30-19-/t33-/m1/s1. The normalized spacial score (nSPS) is 14.4. The largest absolute Gasteiger partial charge is 0.494 e. The van der Waals surface area contributed by atoms with Crippen LogP contribution in [0.4, 0.5) is 4.39 Å². The van der Waals surface area contributed by atoms with Gasteiger partial charge in [-0.3, -0.25) is 9.36 Å². The van der Waals surface area contributed by atoms with Crippen molar-refractivity contribution in [2.24, 2.45) is 4.99 Å². The minimum absolute atomic E-state index is 0.160. The molecule has 11 heteroatoms. The van der Waals surface area contributed by atoms with Crippen molar-refractivity contribution in [2.45, 2.75) is 26.5 Å². The molecule has 1 atom stereocenters. The molecule has 1 aliphatic heterocycles. The highest BCUT2D eigenvalue weighted by atomic mass is 127. The Labute approximate surface area is 302 Å². The number of benzene rings is 4. The molecule has 4 aromatic carbocycles. The molecule has 7 nitrogen and oxygen atoms in total. The Bertz CT molecular complexity index is 2180. The second-order valence-electron chi connectivity index (χ2n) is 10.7. The summed E-state index contributed by atoms with van der Waals surface area (Å²) in [4.78, 5) is 33.5. The number of nitrogens with zero attached hydrogens (tertiary/aromatic N) is 2. The first-order valence-corrected chi connectivity index (χ1v) is 17.8. The third-order valence-corrected chi connectivity index (χ3v) is 9.74. The smallest absolute Gasteiger partial charge is 0.338 e. The van der Waals surface area contributed by atoms with Gasteiger partial charge >= 0.3 is 5.97 Å².